The van der Waals surface area contributed by atoms with Gasteiger partial charge in [-0.1, -0.05) is 11.6 Å². The second kappa shape index (κ2) is 4.89. The summed E-state index contributed by atoms with van der Waals surface area (Å²) in [5.74, 6) is -0.0945. The van der Waals surface area contributed by atoms with Crippen molar-refractivity contribution >= 4 is 23.2 Å². The van der Waals surface area contributed by atoms with Crippen LogP contribution in [0.5, 0.6) is 0 Å². The van der Waals surface area contributed by atoms with Crippen molar-refractivity contribution in [1.29, 1.82) is 0 Å². The van der Waals surface area contributed by atoms with Gasteiger partial charge in [0.1, 0.15) is 5.15 Å². The molecule has 2 heterocycles. The Bertz CT molecular complexity index is 429. The predicted octanol–water partition coefficient (Wildman–Crippen LogP) is 0.705. The number of likely N-dealkylation sites (N-methyl/N-ethyl adjacent to an activating group) is 1. The van der Waals surface area contributed by atoms with Crippen LogP contribution in [-0.4, -0.2) is 53.9 Å². The van der Waals surface area contributed by atoms with Gasteiger partial charge in [-0.25, -0.2) is 4.98 Å². The average Bonchev–Trinajstić information content (AvgIpc) is 2.32. The SMILES string of the molecule is CN1CCN(C(=O)c2cc(N)cnc2Cl)CC1. The molecule has 92 valence electrons. The number of nitrogens with zero attached hydrogens (tertiary/aromatic N) is 3. The maximum Gasteiger partial charge on any atom is 0.257 e. The van der Waals surface area contributed by atoms with E-state index >= 15 is 0 Å². The minimum absolute atomic E-state index is 0.0945. The molecule has 1 amide bonds. The summed E-state index contributed by atoms with van der Waals surface area (Å²) in [4.78, 5) is 20.1. The van der Waals surface area contributed by atoms with Gasteiger partial charge in [0.25, 0.3) is 5.91 Å². The molecule has 0 unspecified atom stereocenters. The summed E-state index contributed by atoms with van der Waals surface area (Å²) in [6.45, 7) is 3.17. The fourth-order valence-corrected chi connectivity index (χ4v) is 1.98. The summed E-state index contributed by atoms with van der Waals surface area (Å²) in [6, 6.07) is 1.58. The second-order valence-electron chi connectivity index (χ2n) is 4.20. The van der Waals surface area contributed by atoms with Gasteiger partial charge in [-0.3, -0.25) is 4.79 Å². The first-order valence-corrected chi connectivity index (χ1v) is 5.84. The third-order valence-corrected chi connectivity index (χ3v) is 3.18. The number of anilines is 1. The minimum Gasteiger partial charge on any atom is -0.397 e. The van der Waals surface area contributed by atoms with Gasteiger partial charge < -0.3 is 15.5 Å². The van der Waals surface area contributed by atoms with Crippen molar-refractivity contribution in [2.45, 2.75) is 0 Å². The molecule has 1 aromatic heterocycles. The monoisotopic (exact) mass is 254 g/mol. The zero-order chi connectivity index (χ0) is 12.4. The molecule has 2 N–H and O–H groups in total. The van der Waals surface area contributed by atoms with E-state index in [1.54, 1.807) is 11.0 Å². The van der Waals surface area contributed by atoms with E-state index in [4.69, 9.17) is 17.3 Å². The number of hydrogen-bond acceptors (Lipinski definition) is 4. The maximum absolute atomic E-state index is 12.2. The number of nitrogen functional groups attached to an aromatic ring is 1. The van der Waals surface area contributed by atoms with Crippen LogP contribution in [0.3, 0.4) is 0 Å². The summed E-state index contributed by atoms with van der Waals surface area (Å²) in [5, 5.41) is 0.211. The van der Waals surface area contributed by atoms with Gasteiger partial charge in [0, 0.05) is 26.2 Å². The fraction of sp³-hybridized carbons (Fsp3) is 0.455. The number of carbonyl (C=O) groups is 1. The molecule has 1 saturated heterocycles. The van der Waals surface area contributed by atoms with Gasteiger partial charge in [0.2, 0.25) is 0 Å². The molecule has 6 heteroatoms. The van der Waals surface area contributed by atoms with Gasteiger partial charge in [-0.05, 0) is 13.1 Å². The largest absolute Gasteiger partial charge is 0.397 e. The van der Waals surface area contributed by atoms with E-state index in [2.05, 4.69) is 9.88 Å². The lowest BCUT2D eigenvalue weighted by Crippen LogP contribution is -2.47. The van der Waals surface area contributed by atoms with E-state index in [-0.39, 0.29) is 11.1 Å². The molecule has 1 fully saturated rings. The molecule has 0 radical (unpaired) electrons. The zero-order valence-corrected chi connectivity index (χ0v) is 10.4. The topological polar surface area (TPSA) is 62.5 Å². The standard InChI is InChI=1S/C11H15ClN4O/c1-15-2-4-16(5-3-15)11(17)9-6-8(13)7-14-10(9)12/h6-7H,2-5,13H2,1H3. The van der Waals surface area contributed by atoms with Crippen LogP contribution in [0.25, 0.3) is 0 Å². The zero-order valence-electron chi connectivity index (χ0n) is 9.69. The van der Waals surface area contributed by atoms with Gasteiger partial charge in [0.15, 0.2) is 0 Å². The molecule has 0 bridgehead atoms. The van der Waals surface area contributed by atoms with Gasteiger partial charge in [-0.2, -0.15) is 0 Å². The molecule has 2 rings (SSSR count). The molecule has 0 aromatic carbocycles. The molecule has 1 aromatic rings. The lowest BCUT2D eigenvalue weighted by atomic mass is 10.2. The third kappa shape index (κ3) is 2.68. The first kappa shape index (κ1) is 12.1. The Hall–Kier alpha value is -1.33. The summed E-state index contributed by atoms with van der Waals surface area (Å²) in [6.07, 6.45) is 1.45. The molecule has 0 atom stereocenters. The summed E-state index contributed by atoms with van der Waals surface area (Å²) in [7, 11) is 2.04. The van der Waals surface area contributed by atoms with E-state index in [0.717, 1.165) is 13.1 Å². The van der Waals surface area contributed by atoms with Crippen molar-refractivity contribution in [2.75, 3.05) is 39.0 Å². The molecule has 1 aliphatic heterocycles. The highest BCUT2D eigenvalue weighted by molar-refractivity contribution is 6.32. The van der Waals surface area contributed by atoms with Crippen molar-refractivity contribution in [1.82, 2.24) is 14.8 Å². The molecule has 5 nitrogen and oxygen atoms in total. The molecular formula is C11H15ClN4O. The Labute approximate surface area is 105 Å². The van der Waals surface area contributed by atoms with E-state index in [9.17, 15) is 4.79 Å². The summed E-state index contributed by atoms with van der Waals surface area (Å²) >= 11 is 5.91. The van der Waals surface area contributed by atoms with E-state index < -0.39 is 0 Å². The van der Waals surface area contributed by atoms with Crippen molar-refractivity contribution in [3.8, 4) is 0 Å². The van der Waals surface area contributed by atoms with Crippen LogP contribution in [0.15, 0.2) is 12.3 Å². The quantitative estimate of drug-likeness (QED) is 0.750. The normalized spacial score (nSPS) is 17.2. The van der Waals surface area contributed by atoms with Crippen molar-refractivity contribution in [3.05, 3.63) is 23.0 Å². The van der Waals surface area contributed by atoms with Crippen LogP contribution in [0.2, 0.25) is 5.15 Å². The molecule has 0 spiro atoms. The number of nitrogens with two attached hydrogens (primary N) is 1. The van der Waals surface area contributed by atoms with Crippen LogP contribution in [0, 0.1) is 0 Å². The smallest absolute Gasteiger partial charge is 0.257 e. The molecule has 0 saturated carbocycles. The summed E-state index contributed by atoms with van der Waals surface area (Å²) < 4.78 is 0. The minimum atomic E-state index is -0.0945. The Morgan fingerprint density at radius 3 is 2.71 bits per heavy atom. The number of pyridine rings is 1. The van der Waals surface area contributed by atoms with Crippen LogP contribution < -0.4 is 5.73 Å². The number of amides is 1. The summed E-state index contributed by atoms with van der Waals surface area (Å²) in [5.41, 5.74) is 6.45. The van der Waals surface area contributed by atoms with Gasteiger partial charge in [-0.15, -0.1) is 0 Å². The Morgan fingerprint density at radius 2 is 2.06 bits per heavy atom. The highest BCUT2D eigenvalue weighted by Gasteiger charge is 2.22. The maximum atomic E-state index is 12.2. The van der Waals surface area contributed by atoms with Gasteiger partial charge in [0.05, 0.1) is 17.4 Å². The Balaban J connectivity index is 2.16. The number of rotatable bonds is 1. The molecule has 0 aliphatic carbocycles. The number of hydrogen-bond donors (Lipinski definition) is 1. The van der Waals surface area contributed by atoms with E-state index in [1.807, 2.05) is 7.05 Å². The Kier molecular flexibility index (Phi) is 3.49. The van der Waals surface area contributed by atoms with E-state index in [1.165, 1.54) is 6.20 Å². The number of piperazine rings is 1. The predicted molar refractivity (Wildman–Crippen MR) is 67.1 cm³/mol. The highest BCUT2D eigenvalue weighted by atomic mass is 35.5. The first-order valence-electron chi connectivity index (χ1n) is 5.47. The molecular weight excluding hydrogens is 240 g/mol. The third-order valence-electron chi connectivity index (χ3n) is 2.88. The Morgan fingerprint density at radius 1 is 1.41 bits per heavy atom. The van der Waals surface area contributed by atoms with E-state index in [0.29, 0.717) is 24.3 Å². The first-order chi connectivity index (χ1) is 8.08. The van der Waals surface area contributed by atoms with Crippen molar-refractivity contribution in [3.63, 3.8) is 0 Å². The molecule has 1 aliphatic rings. The number of carbonyl (C=O) groups excluding carboxylic acids is 1. The fourth-order valence-electron chi connectivity index (χ4n) is 1.79. The lowest BCUT2D eigenvalue weighted by molar-refractivity contribution is 0.0664. The van der Waals surface area contributed by atoms with Gasteiger partial charge >= 0.3 is 0 Å². The highest BCUT2D eigenvalue weighted by Crippen LogP contribution is 2.18. The van der Waals surface area contributed by atoms with Crippen LogP contribution in [-0.2, 0) is 0 Å². The van der Waals surface area contributed by atoms with Crippen LogP contribution >= 0.6 is 11.6 Å². The number of halogens is 1. The number of aromatic nitrogens is 1. The lowest BCUT2D eigenvalue weighted by Gasteiger charge is -2.32. The van der Waals surface area contributed by atoms with Crippen LogP contribution in [0.1, 0.15) is 10.4 Å². The van der Waals surface area contributed by atoms with Crippen molar-refractivity contribution < 1.29 is 4.79 Å². The second-order valence-corrected chi connectivity index (χ2v) is 4.56. The van der Waals surface area contributed by atoms with Crippen LogP contribution in [0.4, 0.5) is 5.69 Å². The van der Waals surface area contributed by atoms with Crippen molar-refractivity contribution in [2.24, 2.45) is 0 Å². The average molecular weight is 255 g/mol. The molecule has 17 heavy (non-hydrogen) atoms.